The average Bonchev–Trinajstić information content (AvgIpc) is 3.26. The molecule has 2 aromatic carbocycles. The minimum absolute atomic E-state index is 0.00166. The van der Waals surface area contributed by atoms with Gasteiger partial charge in [0, 0.05) is 41.7 Å². The van der Waals surface area contributed by atoms with E-state index in [0.29, 0.717) is 30.8 Å². The van der Waals surface area contributed by atoms with Gasteiger partial charge in [-0.2, -0.15) is 9.78 Å². The van der Waals surface area contributed by atoms with Crippen LogP contribution in [0, 0.1) is 0 Å². The van der Waals surface area contributed by atoms with Crippen molar-refractivity contribution in [1.82, 2.24) is 14.8 Å². The molecule has 2 aromatic heterocycles. The van der Waals surface area contributed by atoms with E-state index in [1.807, 2.05) is 17.0 Å². The van der Waals surface area contributed by atoms with E-state index in [-0.39, 0.29) is 16.3 Å². The van der Waals surface area contributed by atoms with Crippen LogP contribution in [0.5, 0.6) is 0 Å². The van der Waals surface area contributed by atoms with Gasteiger partial charge < -0.3 is 19.4 Å². The van der Waals surface area contributed by atoms with Gasteiger partial charge >= 0.3 is 11.9 Å². The summed E-state index contributed by atoms with van der Waals surface area (Å²) in [5.74, 6) is -0.985. The molecule has 1 aliphatic rings. The maximum atomic E-state index is 13.2. The number of benzene rings is 2. The fraction of sp³-hybridized carbons (Fsp3) is 0.200. The Morgan fingerprint density at radius 2 is 1.83 bits per heavy atom. The normalized spacial score (nSPS) is 12.9. The molecule has 0 atom stereocenters. The Hall–Kier alpha value is -4.11. The number of esters is 2. The number of ether oxygens (including phenoxy) is 2. The van der Waals surface area contributed by atoms with Crippen LogP contribution >= 0.6 is 11.6 Å². The third-order valence-corrected chi connectivity index (χ3v) is 6.53. The van der Waals surface area contributed by atoms with Gasteiger partial charge in [-0.05, 0) is 30.3 Å². The fourth-order valence-electron chi connectivity index (χ4n) is 4.42. The molecule has 0 fully saturated rings. The van der Waals surface area contributed by atoms with Crippen molar-refractivity contribution in [2.75, 3.05) is 25.7 Å². The molecule has 3 heterocycles. The van der Waals surface area contributed by atoms with Crippen LogP contribution in [0.2, 0.25) is 5.02 Å². The molecule has 0 aliphatic carbocycles. The molecule has 178 valence electrons. The van der Waals surface area contributed by atoms with Crippen LogP contribution in [-0.4, -0.2) is 47.5 Å². The topological polar surface area (TPSA) is 107 Å². The first-order valence-corrected chi connectivity index (χ1v) is 11.2. The van der Waals surface area contributed by atoms with Gasteiger partial charge in [-0.15, -0.1) is 0 Å². The highest BCUT2D eigenvalue weighted by Gasteiger charge is 2.25. The first-order valence-electron chi connectivity index (χ1n) is 10.8. The van der Waals surface area contributed by atoms with Crippen molar-refractivity contribution in [3.05, 3.63) is 86.4 Å². The number of methoxy groups -OCH3 is 2. The zero-order chi connectivity index (χ0) is 24.7. The van der Waals surface area contributed by atoms with Gasteiger partial charge in [-0.25, -0.2) is 9.59 Å². The van der Waals surface area contributed by atoms with Crippen molar-refractivity contribution in [2.45, 2.75) is 13.0 Å². The summed E-state index contributed by atoms with van der Waals surface area (Å²) in [6.07, 6.45) is 2.22. The van der Waals surface area contributed by atoms with Crippen LogP contribution in [0.3, 0.4) is 0 Å². The largest absolute Gasteiger partial charge is 0.465 e. The molecule has 0 radical (unpaired) electrons. The van der Waals surface area contributed by atoms with Crippen LogP contribution in [0.25, 0.3) is 16.6 Å². The highest BCUT2D eigenvalue weighted by atomic mass is 35.5. The maximum absolute atomic E-state index is 13.2. The predicted molar refractivity (Wildman–Crippen MR) is 131 cm³/mol. The molecule has 0 bridgehead atoms. The number of anilines is 1. The minimum atomic E-state index is -0.580. The summed E-state index contributed by atoms with van der Waals surface area (Å²) >= 11 is 6.55. The van der Waals surface area contributed by atoms with Crippen molar-refractivity contribution in [1.29, 1.82) is 0 Å². The lowest BCUT2D eigenvalue weighted by Crippen LogP contribution is -2.33. The van der Waals surface area contributed by atoms with E-state index in [9.17, 15) is 14.4 Å². The van der Waals surface area contributed by atoms with Crippen molar-refractivity contribution >= 4 is 40.1 Å². The molecular weight excluding hydrogens is 472 g/mol. The van der Waals surface area contributed by atoms with Crippen LogP contribution in [0.1, 0.15) is 32.0 Å². The van der Waals surface area contributed by atoms with Crippen molar-refractivity contribution in [3.63, 3.8) is 0 Å². The van der Waals surface area contributed by atoms with E-state index < -0.39 is 17.5 Å². The smallest absolute Gasteiger partial charge is 0.340 e. The lowest BCUT2D eigenvalue weighted by molar-refractivity contribution is 0.0592. The summed E-state index contributed by atoms with van der Waals surface area (Å²) < 4.78 is 10.8. The van der Waals surface area contributed by atoms with Gasteiger partial charge in [0.15, 0.2) is 0 Å². The lowest BCUT2D eigenvalue weighted by Gasteiger charge is -2.29. The second-order valence-corrected chi connectivity index (χ2v) is 8.45. The number of rotatable bonds is 4. The lowest BCUT2D eigenvalue weighted by atomic mass is 10.0. The highest BCUT2D eigenvalue weighted by molar-refractivity contribution is 6.33. The quantitative estimate of drug-likeness (QED) is 0.434. The average molecular weight is 493 g/mol. The first kappa shape index (κ1) is 22.7. The third-order valence-electron chi connectivity index (χ3n) is 6.18. The second kappa shape index (κ2) is 8.92. The Bertz CT molecular complexity index is 1540. The third kappa shape index (κ3) is 3.83. The van der Waals surface area contributed by atoms with Crippen LogP contribution in [-0.2, 0) is 22.4 Å². The molecule has 9 nitrogen and oxygen atoms in total. The Labute approximate surface area is 204 Å². The molecule has 0 amide bonds. The predicted octanol–water partition coefficient (Wildman–Crippen LogP) is 3.50. The zero-order valence-corrected chi connectivity index (χ0v) is 19.8. The summed E-state index contributed by atoms with van der Waals surface area (Å²) in [4.78, 5) is 42.8. The number of aromatic amines is 1. The second-order valence-electron chi connectivity index (χ2n) is 8.08. The Morgan fingerprint density at radius 1 is 1.06 bits per heavy atom. The number of halogens is 1. The van der Waals surface area contributed by atoms with E-state index in [0.717, 1.165) is 26.8 Å². The Morgan fingerprint density at radius 3 is 2.60 bits per heavy atom. The summed E-state index contributed by atoms with van der Waals surface area (Å²) in [6, 6.07) is 11.9. The zero-order valence-electron chi connectivity index (χ0n) is 19.0. The van der Waals surface area contributed by atoms with Crippen molar-refractivity contribution in [3.8, 4) is 5.69 Å². The Balaban J connectivity index is 1.53. The molecule has 35 heavy (non-hydrogen) atoms. The molecule has 0 saturated heterocycles. The highest BCUT2D eigenvalue weighted by Crippen LogP contribution is 2.33. The van der Waals surface area contributed by atoms with Crippen LogP contribution in [0.15, 0.2) is 53.5 Å². The maximum Gasteiger partial charge on any atom is 0.340 e. The SMILES string of the molecule is COC(=O)c1ccc2[nH]c3c(c2c1)CN(c1cnn(-c2ccccc2C(=O)OC)c(=O)c1Cl)CC3. The summed E-state index contributed by atoms with van der Waals surface area (Å²) in [5, 5.41) is 5.23. The van der Waals surface area contributed by atoms with E-state index in [4.69, 9.17) is 21.1 Å². The number of H-pyrrole nitrogens is 1. The minimum Gasteiger partial charge on any atom is -0.465 e. The number of fused-ring (bicyclic) bond motifs is 3. The number of aromatic nitrogens is 3. The van der Waals surface area contributed by atoms with Crippen molar-refractivity contribution in [2.24, 2.45) is 0 Å². The molecule has 0 spiro atoms. The number of carbonyl (C=O) groups excluding carboxylic acids is 2. The first-order chi connectivity index (χ1) is 16.9. The standard InChI is InChI=1S/C25H21ClN4O5/c1-34-24(32)14-7-8-18-16(11-14)17-13-29(10-9-19(17)28-18)21-12-27-30(23(31)22(21)26)20-6-4-3-5-15(20)25(33)35-2/h3-8,11-12,28H,9-10,13H2,1-2H3. The Kier molecular flexibility index (Phi) is 5.78. The fourth-order valence-corrected chi connectivity index (χ4v) is 4.67. The molecule has 1 N–H and O–H groups in total. The van der Waals surface area contributed by atoms with Gasteiger partial charge in [-0.3, -0.25) is 4.79 Å². The monoisotopic (exact) mass is 492 g/mol. The molecule has 4 aromatic rings. The van der Waals surface area contributed by atoms with Gasteiger partial charge in [-0.1, -0.05) is 23.7 Å². The van der Waals surface area contributed by atoms with Gasteiger partial charge in [0.25, 0.3) is 5.56 Å². The molecule has 0 unspecified atom stereocenters. The van der Waals surface area contributed by atoms with Gasteiger partial charge in [0.05, 0.1) is 42.9 Å². The van der Waals surface area contributed by atoms with E-state index >= 15 is 0 Å². The van der Waals surface area contributed by atoms with Gasteiger partial charge in [0.1, 0.15) is 5.02 Å². The van der Waals surface area contributed by atoms with E-state index in [2.05, 4.69) is 10.1 Å². The van der Waals surface area contributed by atoms with Crippen LogP contribution < -0.4 is 10.5 Å². The number of carbonyl (C=O) groups is 2. The van der Waals surface area contributed by atoms with Crippen molar-refractivity contribution < 1.29 is 19.1 Å². The molecule has 5 rings (SSSR count). The van der Waals surface area contributed by atoms with E-state index in [1.54, 1.807) is 30.3 Å². The number of nitrogens with zero attached hydrogens (tertiary/aromatic N) is 3. The number of hydrogen-bond acceptors (Lipinski definition) is 7. The molecular formula is C25H21ClN4O5. The van der Waals surface area contributed by atoms with Gasteiger partial charge in [0.2, 0.25) is 0 Å². The molecule has 10 heteroatoms. The van der Waals surface area contributed by atoms with E-state index in [1.165, 1.54) is 20.4 Å². The van der Waals surface area contributed by atoms with Crippen LogP contribution in [0.4, 0.5) is 5.69 Å². The summed E-state index contributed by atoms with van der Waals surface area (Å²) in [5.41, 5.74) is 3.91. The summed E-state index contributed by atoms with van der Waals surface area (Å²) in [6.45, 7) is 1.09. The number of para-hydroxylation sites is 1. The number of nitrogens with one attached hydrogen (secondary N) is 1. The molecule has 1 aliphatic heterocycles. The molecule has 0 saturated carbocycles. The number of hydrogen-bond donors (Lipinski definition) is 1. The summed E-state index contributed by atoms with van der Waals surface area (Å²) in [7, 11) is 2.62.